The number of rotatable bonds is 3. The van der Waals surface area contributed by atoms with Crippen LogP contribution in [0.15, 0.2) is 47.6 Å². The van der Waals surface area contributed by atoms with Gasteiger partial charge in [-0.2, -0.15) is 0 Å². The number of hydrogen-bond donors (Lipinski definition) is 2. The van der Waals surface area contributed by atoms with E-state index in [4.69, 9.17) is 5.11 Å². The van der Waals surface area contributed by atoms with Gasteiger partial charge in [0, 0.05) is 11.8 Å². The number of aromatic nitrogens is 1. The molecule has 2 rings (SSSR count). The fourth-order valence-electron chi connectivity index (χ4n) is 1.74. The molecule has 6 heteroatoms. The monoisotopic (exact) mass is 302 g/mol. The zero-order chi connectivity index (χ0) is 15.3. The van der Waals surface area contributed by atoms with Gasteiger partial charge in [0.1, 0.15) is 11.5 Å². The number of hydrogen-bond acceptors (Lipinski definition) is 4. The average molecular weight is 302 g/mol. The first-order valence-electron chi connectivity index (χ1n) is 6.16. The van der Waals surface area contributed by atoms with E-state index in [2.05, 4.69) is 21.5 Å². The second-order valence-electron chi connectivity index (χ2n) is 4.31. The minimum atomic E-state index is -3.77. The molecule has 2 aromatic rings. The van der Waals surface area contributed by atoms with Gasteiger partial charge in [0.2, 0.25) is 0 Å². The molecule has 5 nitrogen and oxygen atoms in total. The van der Waals surface area contributed by atoms with Crippen LogP contribution in [0.3, 0.4) is 0 Å². The zero-order valence-corrected chi connectivity index (χ0v) is 12.2. The van der Waals surface area contributed by atoms with Crippen LogP contribution in [-0.4, -0.2) is 25.1 Å². The first-order chi connectivity index (χ1) is 10.0. The molecule has 108 valence electrons. The first-order valence-corrected chi connectivity index (χ1v) is 7.64. The van der Waals surface area contributed by atoms with Crippen molar-refractivity contribution in [2.75, 3.05) is 11.3 Å². The van der Waals surface area contributed by atoms with Crippen molar-refractivity contribution in [2.24, 2.45) is 0 Å². The summed E-state index contributed by atoms with van der Waals surface area (Å²) < 4.78 is 27.3. The standard InChI is InChI=1S/C15H14N2O3S/c1-12-6-7-15(13(10-12)4-3-9-18)21(19,20)17-14-5-2-8-16-11-14/h2,5-8,10-11,17-18H,9H2,1H3. The van der Waals surface area contributed by atoms with Gasteiger partial charge in [-0.25, -0.2) is 8.42 Å². The number of aryl methyl sites for hydroxylation is 1. The van der Waals surface area contributed by atoms with Gasteiger partial charge in [-0.05, 0) is 36.8 Å². The van der Waals surface area contributed by atoms with Crippen molar-refractivity contribution in [1.29, 1.82) is 0 Å². The molecule has 1 heterocycles. The fourth-order valence-corrected chi connectivity index (χ4v) is 2.93. The molecule has 0 atom stereocenters. The Bertz CT molecular complexity index is 791. The van der Waals surface area contributed by atoms with Gasteiger partial charge in [-0.1, -0.05) is 17.9 Å². The van der Waals surface area contributed by atoms with Crippen molar-refractivity contribution < 1.29 is 13.5 Å². The Balaban J connectivity index is 2.45. The number of anilines is 1. The van der Waals surface area contributed by atoms with Crippen molar-refractivity contribution in [3.05, 3.63) is 53.9 Å². The number of nitrogens with zero attached hydrogens (tertiary/aromatic N) is 1. The summed E-state index contributed by atoms with van der Waals surface area (Å²) in [6.45, 7) is 1.51. The van der Waals surface area contributed by atoms with E-state index in [0.717, 1.165) is 5.56 Å². The van der Waals surface area contributed by atoms with Gasteiger partial charge in [-0.3, -0.25) is 9.71 Å². The number of aliphatic hydroxyl groups excluding tert-OH is 1. The van der Waals surface area contributed by atoms with Gasteiger partial charge in [0.05, 0.1) is 11.9 Å². The highest BCUT2D eigenvalue weighted by Gasteiger charge is 2.18. The Kier molecular flexibility index (Phi) is 4.58. The molecule has 0 fully saturated rings. The van der Waals surface area contributed by atoms with E-state index in [0.29, 0.717) is 11.3 Å². The van der Waals surface area contributed by atoms with Gasteiger partial charge in [0.15, 0.2) is 0 Å². The lowest BCUT2D eigenvalue weighted by atomic mass is 10.1. The lowest BCUT2D eigenvalue weighted by molar-refractivity contribution is 0.350. The van der Waals surface area contributed by atoms with E-state index in [1.54, 1.807) is 30.5 Å². The summed E-state index contributed by atoms with van der Waals surface area (Å²) in [6, 6.07) is 8.11. The normalized spacial score (nSPS) is 10.6. The summed E-state index contributed by atoms with van der Waals surface area (Å²) in [5, 5.41) is 8.78. The third kappa shape index (κ3) is 3.81. The van der Waals surface area contributed by atoms with Crippen LogP contribution in [0.4, 0.5) is 5.69 Å². The topological polar surface area (TPSA) is 79.3 Å². The summed E-state index contributed by atoms with van der Waals surface area (Å²) in [5.74, 6) is 5.13. The van der Waals surface area contributed by atoms with E-state index in [1.165, 1.54) is 12.3 Å². The summed E-state index contributed by atoms with van der Waals surface area (Å²) in [5.41, 5.74) is 1.61. The first kappa shape index (κ1) is 15.0. The van der Waals surface area contributed by atoms with Crippen LogP contribution in [0, 0.1) is 18.8 Å². The van der Waals surface area contributed by atoms with Crippen molar-refractivity contribution in [3.63, 3.8) is 0 Å². The van der Waals surface area contributed by atoms with Crippen LogP contribution in [0.5, 0.6) is 0 Å². The minimum absolute atomic E-state index is 0.0675. The molecule has 21 heavy (non-hydrogen) atoms. The Morgan fingerprint density at radius 2 is 2.14 bits per heavy atom. The third-order valence-corrected chi connectivity index (χ3v) is 4.08. The molecule has 0 amide bonds. The maximum Gasteiger partial charge on any atom is 0.263 e. The van der Waals surface area contributed by atoms with Crippen LogP contribution < -0.4 is 4.72 Å². The maximum absolute atomic E-state index is 12.4. The van der Waals surface area contributed by atoms with Crippen molar-refractivity contribution >= 4 is 15.7 Å². The minimum Gasteiger partial charge on any atom is -0.384 e. The van der Waals surface area contributed by atoms with E-state index < -0.39 is 10.0 Å². The number of benzene rings is 1. The number of sulfonamides is 1. The summed E-state index contributed by atoms with van der Waals surface area (Å²) in [4.78, 5) is 3.93. The molecule has 0 bridgehead atoms. The van der Waals surface area contributed by atoms with Crippen LogP contribution >= 0.6 is 0 Å². The number of pyridine rings is 1. The molecule has 0 saturated carbocycles. The SMILES string of the molecule is Cc1ccc(S(=O)(=O)Nc2cccnc2)c(C#CCO)c1. The second-order valence-corrected chi connectivity index (χ2v) is 5.96. The Morgan fingerprint density at radius 1 is 1.33 bits per heavy atom. The van der Waals surface area contributed by atoms with E-state index in [-0.39, 0.29) is 11.5 Å². The summed E-state index contributed by atoms with van der Waals surface area (Å²) >= 11 is 0. The predicted molar refractivity (Wildman–Crippen MR) is 80.2 cm³/mol. The smallest absolute Gasteiger partial charge is 0.263 e. The quantitative estimate of drug-likeness (QED) is 0.843. The van der Waals surface area contributed by atoms with E-state index in [1.807, 2.05) is 6.92 Å². The lowest BCUT2D eigenvalue weighted by Gasteiger charge is -2.10. The van der Waals surface area contributed by atoms with Crippen molar-refractivity contribution in [2.45, 2.75) is 11.8 Å². The fraction of sp³-hybridized carbons (Fsp3) is 0.133. The number of nitrogens with one attached hydrogen (secondary N) is 1. The molecule has 0 aliphatic rings. The highest BCUT2D eigenvalue weighted by Crippen LogP contribution is 2.20. The molecule has 0 saturated heterocycles. The lowest BCUT2D eigenvalue weighted by Crippen LogP contribution is -2.14. The molecule has 0 unspecified atom stereocenters. The molecular weight excluding hydrogens is 288 g/mol. The summed E-state index contributed by atoms with van der Waals surface area (Å²) in [7, 11) is -3.77. The van der Waals surface area contributed by atoms with Crippen LogP contribution in [0.25, 0.3) is 0 Å². The van der Waals surface area contributed by atoms with Gasteiger partial charge < -0.3 is 5.11 Å². The zero-order valence-electron chi connectivity index (χ0n) is 11.4. The largest absolute Gasteiger partial charge is 0.384 e. The van der Waals surface area contributed by atoms with E-state index >= 15 is 0 Å². The van der Waals surface area contributed by atoms with Crippen LogP contribution in [0.2, 0.25) is 0 Å². The molecule has 0 spiro atoms. The molecule has 1 aromatic carbocycles. The van der Waals surface area contributed by atoms with Crippen molar-refractivity contribution in [3.8, 4) is 11.8 Å². The van der Waals surface area contributed by atoms with Gasteiger partial charge >= 0.3 is 0 Å². The summed E-state index contributed by atoms with van der Waals surface area (Å²) in [6.07, 6.45) is 2.98. The highest BCUT2D eigenvalue weighted by molar-refractivity contribution is 7.92. The van der Waals surface area contributed by atoms with Crippen LogP contribution in [-0.2, 0) is 10.0 Å². The molecular formula is C15H14N2O3S. The molecule has 1 aromatic heterocycles. The predicted octanol–water partition coefficient (Wildman–Crippen LogP) is 1.53. The number of aliphatic hydroxyl groups is 1. The van der Waals surface area contributed by atoms with Gasteiger partial charge in [-0.15, -0.1) is 0 Å². The third-order valence-electron chi connectivity index (χ3n) is 2.64. The Morgan fingerprint density at radius 3 is 2.81 bits per heavy atom. The van der Waals surface area contributed by atoms with E-state index in [9.17, 15) is 8.42 Å². The average Bonchev–Trinajstić information content (AvgIpc) is 2.45. The molecule has 2 N–H and O–H groups in total. The maximum atomic E-state index is 12.4. The molecule has 0 aliphatic carbocycles. The van der Waals surface area contributed by atoms with Crippen LogP contribution in [0.1, 0.15) is 11.1 Å². The molecule has 0 radical (unpaired) electrons. The Labute approximate surface area is 123 Å². The highest BCUT2D eigenvalue weighted by atomic mass is 32.2. The molecule has 0 aliphatic heterocycles. The Hall–Kier alpha value is -2.36. The second kappa shape index (κ2) is 6.39. The van der Waals surface area contributed by atoms with Crippen molar-refractivity contribution in [1.82, 2.24) is 4.98 Å². The van der Waals surface area contributed by atoms with Gasteiger partial charge in [0.25, 0.3) is 10.0 Å².